The minimum absolute atomic E-state index is 0.0258. The normalized spacial score (nSPS) is 13.0. The van der Waals surface area contributed by atoms with Crippen molar-refractivity contribution in [2.45, 2.75) is 19.4 Å². The monoisotopic (exact) mass is 301 g/mol. The molecule has 0 aliphatic heterocycles. The lowest BCUT2D eigenvalue weighted by Crippen LogP contribution is -2.08. The van der Waals surface area contributed by atoms with Crippen LogP contribution in [-0.4, -0.2) is 0 Å². The van der Waals surface area contributed by atoms with Gasteiger partial charge in [0.15, 0.2) is 0 Å². The predicted octanol–water partition coefficient (Wildman–Crippen LogP) is 4.18. The second-order valence-electron chi connectivity index (χ2n) is 3.32. The van der Waals surface area contributed by atoms with Crippen LogP contribution in [0.5, 0.6) is 0 Å². The van der Waals surface area contributed by atoms with Crippen LogP contribution in [0.2, 0.25) is 0 Å². The zero-order chi connectivity index (χ0) is 10.8. The molecule has 0 aliphatic carbocycles. The fraction of sp³-hybridized carbons (Fsp3) is 0.273. The van der Waals surface area contributed by atoms with E-state index in [2.05, 4.69) is 46.4 Å². The molecule has 2 heterocycles. The molecule has 1 nitrogen and oxygen atoms in total. The molecule has 0 bridgehead atoms. The molecule has 80 valence electrons. The molecule has 4 heteroatoms. The second kappa shape index (κ2) is 4.78. The molecule has 0 fully saturated rings. The molecule has 0 aromatic carbocycles. The highest BCUT2D eigenvalue weighted by Gasteiger charge is 2.12. The number of thiophene rings is 2. The summed E-state index contributed by atoms with van der Waals surface area (Å²) in [6.07, 6.45) is 1.09. The Morgan fingerprint density at radius 1 is 1.47 bits per heavy atom. The second-order valence-corrected chi connectivity index (χ2v) is 6.81. The molecule has 2 rings (SSSR count). The lowest BCUT2D eigenvalue weighted by molar-refractivity contribution is 0.899. The standard InChI is InChI=1S/C11H12BrNS2/c1-2-8-3-4-9(15-8)11(13)7-5-10(12)14-6-7/h3-6,11H,2,13H2,1H3. The van der Waals surface area contributed by atoms with E-state index in [-0.39, 0.29) is 6.04 Å². The van der Waals surface area contributed by atoms with E-state index in [0.717, 1.165) is 10.2 Å². The third-order valence-corrected chi connectivity index (χ3v) is 5.12. The van der Waals surface area contributed by atoms with Gasteiger partial charge in [-0.25, -0.2) is 0 Å². The Morgan fingerprint density at radius 3 is 2.80 bits per heavy atom. The third-order valence-electron chi connectivity index (χ3n) is 2.28. The molecule has 0 radical (unpaired) electrons. The highest BCUT2D eigenvalue weighted by molar-refractivity contribution is 9.11. The van der Waals surface area contributed by atoms with E-state index in [1.807, 2.05) is 11.3 Å². The Bertz CT molecular complexity index is 447. The molecule has 15 heavy (non-hydrogen) atoms. The number of nitrogens with two attached hydrogens (primary N) is 1. The fourth-order valence-corrected chi connectivity index (χ4v) is 3.60. The van der Waals surface area contributed by atoms with E-state index in [1.54, 1.807) is 11.3 Å². The summed E-state index contributed by atoms with van der Waals surface area (Å²) in [6.45, 7) is 2.17. The maximum atomic E-state index is 6.19. The summed E-state index contributed by atoms with van der Waals surface area (Å²) < 4.78 is 1.14. The first kappa shape index (κ1) is 11.3. The molecule has 0 spiro atoms. The van der Waals surface area contributed by atoms with Crippen LogP contribution in [0.1, 0.15) is 28.3 Å². The van der Waals surface area contributed by atoms with Gasteiger partial charge in [-0.1, -0.05) is 6.92 Å². The maximum absolute atomic E-state index is 6.19. The van der Waals surface area contributed by atoms with Crippen molar-refractivity contribution >= 4 is 38.6 Å². The minimum Gasteiger partial charge on any atom is -0.320 e. The summed E-state index contributed by atoms with van der Waals surface area (Å²) in [5.41, 5.74) is 7.39. The Kier molecular flexibility index (Phi) is 3.61. The van der Waals surface area contributed by atoms with Gasteiger partial charge in [-0.05, 0) is 51.5 Å². The first-order valence-electron chi connectivity index (χ1n) is 4.79. The van der Waals surface area contributed by atoms with Crippen molar-refractivity contribution < 1.29 is 0 Å². The molecule has 2 aromatic heterocycles. The van der Waals surface area contributed by atoms with Crippen LogP contribution in [0.3, 0.4) is 0 Å². The molecule has 2 aromatic rings. The highest BCUT2D eigenvalue weighted by Crippen LogP contribution is 2.31. The van der Waals surface area contributed by atoms with Crippen molar-refractivity contribution in [1.29, 1.82) is 0 Å². The van der Waals surface area contributed by atoms with Gasteiger partial charge in [0.1, 0.15) is 0 Å². The van der Waals surface area contributed by atoms with Gasteiger partial charge in [0.05, 0.1) is 9.83 Å². The predicted molar refractivity (Wildman–Crippen MR) is 71.7 cm³/mol. The van der Waals surface area contributed by atoms with Gasteiger partial charge in [0.25, 0.3) is 0 Å². The molecule has 0 amide bonds. The van der Waals surface area contributed by atoms with Crippen molar-refractivity contribution in [3.8, 4) is 0 Å². The van der Waals surface area contributed by atoms with Crippen LogP contribution in [-0.2, 0) is 6.42 Å². The highest BCUT2D eigenvalue weighted by atomic mass is 79.9. The number of rotatable bonds is 3. The molecule has 2 N–H and O–H groups in total. The summed E-state index contributed by atoms with van der Waals surface area (Å²) in [6, 6.07) is 6.43. The Labute approximate surface area is 106 Å². The molecule has 0 aliphatic rings. The van der Waals surface area contributed by atoms with E-state index < -0.39 is 0 Å². The molecule has 1 unspecified atom stereocenters. The Balaban J connectivity index is 2.23. The summed E-state index contributed by atoms with van der Waals surface area (Å²) in [7, 11) is 0. The van der Waals surface area contributed by atoms with Gasteiger partial charge in [0, 0.05) is 9.75 Å². The third kappa shape index (κ3) is 2.50. The summed E-state index contributed by atoms with van der Waals surface area (Å²) >= 11 is 6.95. The van der Waals surface area contributed by atoms with E-state index in [9.17, 15) is 0 Å². The average molecular weight is 302 g/mol. The van der Waals surface area contributed by atoms with E-state index in [1.165, 1.54) is 15.3 Å². The first-order valence-corrected chi connectivity index (χ1v) is 7.27. The molecule has 0 saturated carbocycles. The van der Waals surface area contributed by atoms with Crippen LogP contribution in [0.25, 0.3) is 0 Å². The van der Waals surface area contributed by atoms with Gasteiger partial charge < -0.3 is 5.73 Å². The SMILES string of the molecule is CCc1ccc(C(N)c2csc(Br)c2)s1. The van der Waals surface area contributed by atoms with E-state index >= 15 is 0 Å². The first-order chi connectivity index (χ1) is 7.20. The lowest BCUT2D eigenvalue weighted by atomic mass is 10.1. The zero-order valence-electron chi connectivity index (χ0n) is 8.37. The average Bonchev–Trinajstić information content (AvgIpc) is 2.84. The summed E-state index contributed by atoms with van der Waals surface area (Å²) in [4.78, 5) is 2.65. The maximum Gasteiger partial charge on any atom is 0.0701 e. The molecular weight excluding hydrogens is 290 g/mol. The van der Waals surface area contributed by atoms with Crippen LogP contribution >= 0.6 is 38.6 Å². The van der Waals surface area contributed by atoms with Gasteiger partial charge >= 0.3 is 0 Å². The molecule has 0 saturated heterocycles. The van der Waals surface area contributed by atoms with Gasteiger partial charge in [-0.3, -0.25) is 0 Å². The van der Waals surface area contributed by atoms with Crippen molar-refractivity contribution in [3.63, 3.8) is 0 Å². The summed E-state index contributed by atoms with van der Waals surface area (Å²) in [5.74, 6) is 0. The summed E-state index contributed by atoms with van der Waals surface area (Å²) in [5, 5.41) is 2.11. The zero-order valence-corrected chi connectivity index (χ0v) is 11.6. The quantitative estimate of drug-likeness (QED) is 0.904. The number of halogens is 1. The smallest absolute Gasteiger partial charge is 0.0701 e. The van der Waals surface area contributed by atoms with Crippen molar-refractivity contribution in [3.05, 3.63) is 42.7 Å². The molecular formula is C11H12BrNS2. The number of aryl methyl sites for hydroxylation is 1. The van der Waals surface area contributed by atoms with Crippen molar-refractivity contribution in [2.24, 2.45) is 5.73 Å². The van der Waals surface area contributed by atoms with Gasteiger partial charge in [0.2, 0.25) is 0 Å². The Hall–Kier alpha value is -0.160. The van der Waals surface area contributed by atoms with Crippen molar-refractivity contribution in [2.75, 3.05) is 0 Å². The Morgan fingerprint density at radius 2 is 2.27 bits per heavy atom. The number of hydrogen-bond acceptors (Lipinski definition) is 3. The lowest BCUT2D eigenvalue weighted by Gasteiger charge is -2.06. The topological polar surface area (TPSA) is 26.0 Å². The molecule has 1 atom stereocenters. The largest absolute Gasteiger partial charge is 0.320 e. The van der Waals surface area contributed by atoms with E-state index in [4.69, 9.17) is 5.73 Å². The van der Waals surface area contributed by atoms with Crippen LogP contribution in [0.4, 0.5) is 0 Å². The van der Waals surface area contributed by atoms with Crippen LogP contribution in [0.15, 0.2) is 27.4 Å². The van der Waals surface area contributed by atoms with Crippen LogP contribution < -0.4 is 5.73 Å². The number of hydrogen-bond donors (Lipinski definition) is 1. The van der Waals surface area contributed by atoms with Crippen molar-refractivity contribution in [1.82, 2.24) is 0 Å². The fourth-order valence-electron chi connectivity index (χ4n) is 1.40. The van der Waals surface area contributed by atoms with Gasteiger partial charge in [-0.2, -0.15) is 0 Å². The van der Waals surface area contributed by atoms with Gasteiger partial charge in [-0.15, -0.1) is 22.7 Å². The minimum atomic E-state index is 0.0258. The van der Waals surface area contributed by atoms with E-state index in [0.29, 0.717) is 0 Å². The van der Waals surface area contributed by atoms with Crippen LogP contribution in [0, 0.1) is 0 Å².